The van der Waals surface area contributed by atoms with Gasteiger partial charge in [0.05, 0.1) is 0 Å². The first-order chi connectivity index (χ1) is 9.00. The van der Waals surface area contributed by atoms with Crippen LogP contribution in [0.5, 0.6) is 0 Å². The number of hydrogen-bond acceptors (Lipinski definition) is 5. The van der Waals surface area contributed by atoms with Crippen molar-refractivity contribution in [1.29, 1.82) is 0 Å². The molecule has 0 radical (unpaired) electrons. The van der Waals surface area contributed by atoms with Crippen LogP contribution in [0.1, 0.15) is 24.3 Å². The van der Waals surface area contributed by atoms with E-state index in [1.165, 1.54) is 5.57 Å². The van der Waals surface area contributed by atoms with E-state index in [9.17, 15) is 8.42 Å². The van der Waals surface area contributed by atoms with Crippen LogP contribution in [0.15, 0.2) is 21.1 Å². The molecule has 1 aliphatic heterocycles. The molecule has 1 aliphatic rings. The molecule has 2 rings (SSSR count). The quantitative estimate of drug-likeness (QED) is 0.785. The predicted molar refractivity (Wildman–Crippen MR) is 71.4 cm³/mol. The molecule has 2 heterocycles. The third-order valence-corrected chi connectivity index (χ3v) is 4.84. The number of sulfonamides is 1. The molecule has 0 bridgehead atoms. The van der Waals surface area contributed by atoms with Crippen molar-refractivity contribution in [3.05, 3.63) is 23.1 Å². The van der Waals surface area contributed by atoms with E-state index in [1.54, 1.807) is 13.8 Å². The van der Waals surface area contributed by atoms with Crippen molar-refractivity contribution in [2.45, 2.75) is 31.6 Å². The smallest absolute Gasteiger partial charge is 0.245 e. The topological polar surface area (TPSA) is 84.2 Å². The maximum atomic E-state index is 12.1. The van der Waals surface area contributed by atoms with Gasteiger partial charge < -0.3 is 9.84 Å². The van der Waals surface area contributed by atoms with E-state index in [4.69, 9.17) is 4.52 Å². The van der Waals surface area contributed by atoms with Gasteiger partial charge in [0.1, 0.15) is 10.6 Å². The largest absolute Gasteiger partial charge is 0.360 e. The molecule has 0 saturated heterocycles. The number of rotatable bonds is 5. The molecule has 106 valence electrons. The summed E-state index contributed by atoms with van der Waals surface area (Å²) in [6, 6.07) is 0. The lowest BCUT2D eigenvalue weighted by Gasteiger charge is -2.14. The van der Waals surface area contributed by atoms with E-state index >= 15 is 0 Å². The number of aromatic nitrogens is 1. The average molecular weight is 285 g/mol. The van der Waals surface area contributed by atoms with Gasteiger partial charge >= 0.3 is 0 Å². The molecule has 0 saturated carbocycles. The molecule has 0 spiro atoms. The minimum absolute atomic E-state index is 0.159. The van der Waals surface area contributed by atoms with E-state index in [1.807, 2.05) is 0 Å². The highest BCUT2D eigenvalue weighted by molar-refractivity contribution is 7.89. The average Bonchev–Trinajstić information content (AvgIpc) is 2.70. The summed E-state index contributed by atoms with van der Waals surface area (Å²) in [5.74, 6) is 0.325. The maximum Gasteiger partial charge on any atom is 0.245 e. The zero-order chi connectivity index (χ0) is 13.9. The SMILES string of the molecule is Cc1noc(C)c1S(=O)(=O)NCCC1=CCNCC1. The molecular weight excluding hydrogens is 266 g/mol. The molecule has 19 heavy (non-hydrogen) atoms. The summed E-state index contributed by atoms with van der Waals surface area (Å²) in [5.41, 5.74) is 1.69. The summed E-state index contributed by atoms with van der Waals surface area (Å²) in [5, 5.41) is 6.89. The van der Waals surface area contributed by atoms with Gasteiger partial charge in [-0.3, -0.25) is 0 Å². The van der Waals surface area contributed by atoms with Gasteiger partial charge in [0.25, 0.3) is 0 Å². The Morgan fingerprint density at radius 2 is 2.26 bits per heavy atom. The van der Waals surface area contributed by atoms with Gasteiger partial charge in [-0.25, -0.2) is 13.1 Å². The van der Waals surface area contributed by atoms with Crippen molar-refractivity contribution in [3.63, 3.8) is 0 Å². The maximum absolute atomic E-state index is 12.1. The molecule has 1 aromatic heterocycles. The Morgan fingerprint density at radius 1 is 1.47 bits per heavy atom. The summed E-state index contributed by atoms with van der Waals surface area (Å²) in [7, 11) is -3.53. The molecule has 0 aliphatic carbocycles. The van der Waals surface area contributed by atoms with Crippen LogP contribution in [0.2, 0.25) is 0 Å². The zero-order valence-electron chi connectivity index (χ0n) is 11.2. The number of nitrogens with zero attached hydrogens (tertiary/aromatic N) is 1. The van der Waals surface area contributed by atoms with Crippen molar-refractivity contribution >= 4 is 10.0 Å². The van der Waals surface area contributed by atoms with Crippen LogP contribution in [0.25, 0.3) is 0 Å². The van der Waals surface area contributed by atoms with Crippen LogP contribution in [-0.2, 0) is 10.0 Å². The minimum atomic E-state index is -3.53. The summed E-state index contributed by atoms with van der Waals surface area (Å²) in [4.78, 5) is 0.159. The Hall–Kier alpha value is -1.18. The fourth-order valence-electron chi connectivity index (χ4n) is 2.17. The second kappa shape index (κ2) is 5.85. The van der Waals surface area contributed by atoms with Crippen molar-refractivity contribution in [3.8, 4) is 0 Å². The first kappa shape index (κ1) is 14.2. The van der Waals surface area contributed by atoms with Gasteiger partial charge in [0.2, 0.25) is 10.0 Å². The van der Waals surface area contributed by atoms with E-state index < -0.39 is 10.0 Å². The first-order valence-electron chi connectivity index (χ1n) is 6.32. The van der Waals surface area contributed by atoms with Crippen LogP contribution < -0.4 is 10.0 Å². The summed E-state index contributed by atoms with van der Waals surface area (Å²) >= 11 is 0. The molecule has 2 N–H and O–H groups in total. The Balaban J connectivity index is 1.97. The van der Waals surface area contributed by atoms with Gasteiger partial charge in [0.15, 0.2) is 5.76 Å². The third kappa shape index (κ3) is 3.43. The van der Waals surface area contributed by atoms with E-state index in [2.05, 4.69) is 21.3 Å². The van der Waals surface area contributed by atoms with Crippen LogP contribution in [0.3, 0.4) is 0 Å². The normalized spacial score (nSPS) is 16.4. The van der Waals surface area contributed by atoms with Crippen LogP contribution in [0.4, 0.5) is 0 Å². The molecule has 0 amide bonds. The second-order valence-electron chi connectivity index (χ2n) is 4.62. The van der Waals surface area contributed by atoms with Gasteiger partial charge in [-0.2, -0.15) is 0 Å². The van der Waals surface area contributed by atoms with E-state index in [-0.39, 0.29) is 4.90 Å². The van der Waals surface area contributed by atoms with Crippen molar-refractivity contribution in [1.82, 2.24) is 15.2 Å². The number of aryl methyl sites for hydroxylation is 2. The van der Waals surface area contributed by atoms with Gasteiger partial charge in [0, 0.05) is 13.1 Å². The van der Waals surface area contributed by atoms with Gasteiger partial charge in [-0.15, -0.1) is 0 Å². The van der Waals surface area contributed by atoms with Crippen molar-refractivity contribution in [2.75, 3.05) is 19.6 Å². The molecule has 0 atom stereocenters. The Labute approximate surface area is 113 Å². The summed E-state index contributed by atoms with van der Waals surface area (Å²) in [6.07, 6.45) is 3.84. The van der Waals surface area contributed by atoms with Crippen molar-refractivity contribution < 1.29 is 12.9 Å². The monoisotopic (exact) mass is 285 g/mol. The van der Waals surface area contributed by atoms with E-state index in [0.29, 0.717) is 18.0 Å². The molecule has 0 fully saturated rings. The summed E-state index contributed by atoms with van der Waals surface area (Å²) in [6.45, 7) is 5.46. The molecule has 1 aromatic rings. The number of nitrogens with one attached hydrogen (secondary N) is 2. The number of hydrogen-bond donors (Lipinski definition) is 2. The fraction of sp³-hybridized carbons (Fsp3) is 0.583. The molecule has 0 unspecified atom stereocenters. The third-order valence-electron chi connectivity index (χ3n) is 3.13. The Bertz CT molecular complexity index is 556. The highest BCUT2D eigenvalue weighted by Crippen LogP contribution is 2.18. The van der Waals surface area contributed by atoms with Crippen molar-refractivity contribution in [2.24, 2.45) is 0 Å². The molecule has 6 nitrogen and oxygen atoms in total. The van der Waals surface area contributed by atoms with Gasteiger partial charge in [-0.05, 0) is 33.2 Å². The standard InChI is InChI=1S/C12H19N3O3S/c1-9-12(10(2)18-15-9)19(16,17)14-8-5-11-3-6-13-7-4-11/h3,13-14H,4-8H2,1-2H3. The van der Waals surface area contributed by atoms with Crippen LogP contribution >= 0.6 is 0 Å². The Morgan fingerprint density at radius 3 is 2.84 bits per heavy atom. The highest BCUT2D eigenvalue weighted by Gasteiger charge is 2.23. The fourth-order valence-corrected chi connectivity index (χ4v) is 3.53. The van der Waals surface area contributed by atoms with E-state index in [0.717, 1.165) is 25.9 Å². The lowest BCUT2D eigenvalue weighted by atomic mass is 10.1. The van der Waals surface area contributed by atoms with Crippen LogP contribution in [0, 0.1) is 13.8 Å². The highest BCUT2D eigenvalue weighted by atomic mass is 32.2. The molecule has 0 aromatic carbocycles. The van der Waals surface area contributed by atoms with Crippen LogP contribution in [-0.4, -0.2) is 33.2 Å². The first-order valence-corrected chi connectivity index (χ1v) is 7.80. The predicted octanol–water partition coefficient (Wildman–Crippen LogP) is 0.880. The zero-order valence-corrected chi connectivity index (χ0v) is 12.0. The summed E-state index contributed by atoms with van der Waals surface area (Å²) < 4.78 is 31.8. The lowest BCUT2D eigenvalue weighted by Crippen LogP contribution is -2.27. The molecule has 7 heteroatoms. The van der Waals surface area contributed by atoms with Gasteiger partial charge in [-0.1, -0.05) is 16.8 Å². The lowest BCUT2D eigenvalue weighted by molar-refractivity contribution is 0.390. The Kier molecular flexibility index (Phi) is 4.38. The second-order valence-corrected chi connectivity index (χ2v) is 6.32. The minimum Gasteiger partial charge on any atom is -0.360 e. The molecular formula is C12H19N3O3S.